The van der Waals surface area contributed by atoms with Crippen molar-refractivity contribution in [3.05, 3.63) is 12.4 Å². The van der Waals surface area contributed by atoms with Crippen molar-refractivity contribution in [1.82, 2.24) is 4.90 Å². The van der Waals surface area contributed by atoms with Gasteiger partial charge in [-0.3, -0.25) is 0 Å². The van der Waals surface area contributed by atoms with Crippen LogP contribution in [0, 0.1) is 0 Å². The zero-order chi connectivity index (χ0) is 5.82. The molecule has 2 N–H and O–H groups in total. The van der Waals surface area contributed by atoms with Crippen LogP contribution in [0.5, 0.6) is 0 Å². The molecule has 0 aromatic heterocycles. The van der Waals surface area contributed by atoms with Crippen LogP contribution >= 0.6 is 0 Å². The smallest absolute Gasteiger partial charge is 0.0173 e. The zero-order valence-electron chi connectivity index (χ0n) is 5.01. The second kappa shape index (κ2) is 2.60. The molecule has 46 valence electrons. The van der Waals surface area contributed by atoms with E-state index in [0.717, 1.165) is 0 Å². The number of likely N-dealkylation sites (tertiary alicyclic amines) is 1. The van der Waals surface area contributed by atoms with Crippen molar-refractivity contribution in [2.24, 2.45) is 5.73 Å². The first-order valence-corrected chi connectivity index (χ1v) is 3.06. The van der Waals surface area contributed by atoms with Gasteiger partial charge in [0, 0.05) is 25.5 Å². The first-order valence-electron chi connectivity index (χ1n) is 3.06. The molecule has 0 spiro atoms. The van der Waals surface area contributed by atoms with Gasteiger partial charge in [0.1, 0.15) is 0 Å². The molecule has 1 fully saturated rings. The standard InChI is InChI=1S/C6H12N2/c7-3-6-8-4-1-2-5-8/h3,6H,1-2,4-5,7H2/b6-3+. The Hall–Kier alpha value is -0.660. The molecule has 1 rings (SSSR count). The lowest BCUT2D eigenvalue weighted by Gasteiger charge is -2.08. The minimum absolute atomic E-state index is 1.19. The van der Waals surface area contributed by atoms with E-state index >= 15 is 0 Å². The minimum Gasteiger partial charge on any atom is -0.403 e. The van der Waals surface area contributed by atoms with Gasteiger partial charge in [0.2, 0.25) is 0 Å². The Morgan fingerprint density at radius 1 is 1.25 bits per heavy atom. The fourth-order valence-electron chi connectivity index (χ4n) is 1.01. The van der Waals surface area contributed by atoms with E-state index in [1.807, 2.05) is 6.20 Å². The van der Waals surface area contributed by atoms with Crippen LogP contribution in [-0.2, 0) is 0 Å². The van der Waals surface area contributed by atoms with Gasteiger partial charge in [0.25, 0.3) is 0 Å². The molecule has 1 aliphatic heterocycles. The maximum absolute atomic E-state index is 5.19. The normalized spacial score (nSPS) is 20.8. The predicted octanol–water partition coefficient (Wildman–Crippen LogP) is 0.512. The van der Waals surface area contributed by atoms with Crippen LogP contribution in [0.4, 0.5) is 0 Å². The number of rotatable bonds is 1. The van der Waals surface area contributed by atoms with Gasteiger partial charge < -0.3 is 10.6 Å². The van der Waals surface area contributed by atoms with Gasteiger partial charge in [-0.25, -0.2) is 0 Å². The van der Waals surface area contributed by atoms with Crippen molar-refractivity contribution in [2.75, 3.05) is 13.1 Å². The van der Waals surface area contributed by atoms with E-state index in [-0.39, 0.29) is 0 Å². The summed E-state index contributed by atoms with van der Waals surface area (Å²) in [6, 6.07) is 0. The highest BCUT2D eigenvalue weighted by Crippen LogP contribution is 2.05. The van der Waals surface area contributed by atoms with Crippen LogP contribution in [0.1, 0.15) is 12.8 Å². The highest BCUT2D eigenvalue weighted by atomic mass is 15.1. The Bertz CT molecular complexity index is 82.5. The molecule has 0 unspecified atom stereocenters. The second-order valence-corrected chi connectivity index (χ2v) is 2.08. The van der Waals surface area contributed by atoms with Crippen LogP contribution in [0.15, 0.2) is 12.4 Å². The van der Waals surface area contributed by atoms with Gasteiger partial charge in [0.05, 0.1) is 0 Å². The van der Waals surface area contributed by atoms with E-state index in [1.54, 1.807) is 6.20 Å². The third-order valence-corrected chi connectivity index (χ3v) is 1.44. The Kier molecular flexibility index (Phi) is 1.78. The molecule has 2 heteroatoms. The summed E-state index contributed by atoms with van der Waals surface area (Å²) in [4.78, 5) is 2.24. The number of nitrogens with two attached hydrogens (primary N) is 1. The summed E-state index contributed by atoms with van der Waals surface area (Å²) in [5.74, 6) is 0. The first kappa shape index (κ1) is 5.48. The highest BCUT2D eigenvalue weighted by Gasteiger charge is 2.04. The van der Waals surface area contributed by atoms with Crippen molar-refractivity contribution >= 4 is 0 Å². The maximum atomic E-state index is 5.19. The van der Waals surface area contributed by atoms with Crippen molar-refractivity contribution in [3.8, 4) is 0 Å². The Balaban J connectivity index is 2.24. The molecule has 0 aromatic rings. The first-order chi connectivity index (χ1) is 3.93. The van der Waals surface area contributed by atoms with Crippen LogP contribution < -0.4 is 5.73 Å². The summed E-state index contributed by atoms with van der Waals surface area (Å²) >= 11 is 0. The van der Waals surface area contributed by atoms with Crippen LogP contribution in [0.25, 0.3) is 0 Å². The monoisotopic (exact) mass is 112 g/mol. The minimum atomic E-state index is 1.19. The van der Waals surface area contributed by atoms with Gasteiger partial charge in [-0.1, -0.05) is 0 Å². The molecule has 0 radical (unpaired) electrons. The fraction of sp³-hybridized carbons (Fsp3) is 0.667. The molecular weight excluding hydrogens is 100 g/mol. The highest BCUT2D eigenvalue weighted by molar-refractivity contribution is 4.80. The average molecular weight is 112 g/mol. The Labute approximate surface area is 50.0 Å². The molecule has 0 aliphatic carbocycles. The molecule has 0 aromatic carbocycles. The molecule has 0 saturated carbocycles. The summed E-state index contributed by atoms with van der Waals surface area (Å²) in [5, 5.41) is 0. The second-order valence-electron chi connectivity index (χ2n) is 2.08. The van der Waals surface area contributed by atoms with E-state index in [4.69, 9.17) is 5.73 Å². The largest absolute Gasteiger partial charge is 0.403 e. The number of hydrogen-bond acceptors (Lipinski definition) is 2. The molecule has 8 heavy (non-hydrogen) atoms. The number of hydrogen-bond donors (Lipinski definition) is 1. The van der Waals surface area contributed by atoms with Gasteiger partial charge in [-0.05, 0) is 12.8 Å². The molecule has 0 bridgehead atoms. The predicted molar refractivity (Wildman–Crippen MR) is 34.1 cm³/mol. The number of nitrogens with zero attached hydrogens (tertiary/aromatic N) is 1. The van der Waals surface area contributed by atoms with Gasteiger partial charge in [-0.2, -0.15) is 0 Å². The quantitative estimate of drug-likeness (QED) is 0.535. The molecule has 0 amide bonds. The maximum Gasteiger partial charge on any atom is 0.0173 e. The van der Waals surface area contributed by atoms with E-state index in [1.165, 1.54) is 25.9 Å². The summed E-state index contributed by atoms with van der Waals surface area (Å²) in [6.45, 7) is 2.38. The summed E-state index contributed by atoms with van der Waals surface area (Å²) in [6.07, 6.45) is 6.20. The third-order valence-electron chi connectivity index (χ3n) is 1.44. The van der Waals surface area contributed by atoms with E-state index in [0.29, 0.717) is 0 Å². The topological polar surface area (TPSA) is 29.3 Å². The van der Waals surface area contributed by atoms with Crippen molar-refractivity contribution in [1.29, 1.82) is 0 Å². The van der Waals surface area contributed by atoms with E-state index < -0.39 is 0 Å². The SMILES string of the molecule is N/C=C/N1CCCC1. The van der Waals surface area contributed by atoms with Crippen molar-refractivity contribution in [3.63, 3.8) is 0 Å². The van der Waals surface area contributed by atoms with Crippen molar-refractivity contribution < 1.29 is 0 Å². The molecular formula is C6H12N2. The van der Waals surface area contributed by atoms with Crippen LogP contribution in [0.3, 0.4) is 0 Å². The molecule has 2 nitrogen and oxygen atoms in total. The zero-order valence-corrected chi connectivity index (χ0v) is 5.01. The molecule has 0 atom stereocenters. The summed E-state index contributed by atoms with van der Waals surface area (Å²) in [5.41, 5.74) is 5.19. The van der Waals surface area contributed by atoms with Crippen LogP contribution in [-0.4, -0.2) is 18.0 Å². The summed E-state index contributed by atoms with van der Waals surface area (Å²) < 4.78 is 0. The Morgan fingerprint density at radius 2 is 1.88 bits per heavy atom. The fourth-order valence-corrected chi connectivity index (χ4v) is 1.01. The van der Waals surface area contributed by atoms with Crippen LogP contribution in [0.2, 0.25) is 0 Å². The molecule has 1 heterocycles. The third kappa shape index (κ3) is 1.15. The lowest BCUT2D eigenvalue weighted by atomic mass is 10.4. The Morgan fingerprint density at radius 3 is 2.38 bits per heavy atom. The van der Waals surface area contributed by atoms with E-state index in [9.17, 15) is 0 Å². The van der Waals surface area contributed by atoms with E-state index in [2.05, 4.69) is 4.90 Å². The summed E-state index contributed by atoms with van der Waals surface area (Å²) in [7, 11) is 0. The molecule has 1 aliphatic rings. The lowest BCUT2D eigenvalue weighted by molar-refractivity contribution is 0.467. The van der Waals surface area contributed by atoms with Gasteiger partial charge in [0.15, 0.2) is 0 Å². The van der Waals surface area contributed by atoms with Crippen molar-refractivity contribution in [2.45, 2.75) is 12.8 Å². The van der Waals surface area contributed by atoms with Gasteiger partial charge in [-0.15, -0.1) is 0 Å². The average Bonchev–Trinajstić information content (AvgIpc) is 2.19. The molecule has 1 saturated heterocycles. The lowest BCUT2D eigenvalue weighted by Crippen LogP contribution is -2.10. The van der Waals surface area contributed by atoms with Gasteiger partial charge >= 0.3 is 0 Å².